The number of carbonyl (C=O) groups is 1. The van der Waals surface area contributed by atoms with Gasteiger partial charge in [0.05, 0.1) is 19.1 Å². The van der Waals surface area contributed by atoms with Crippen molar-refractivity contribution in [3.8, 4) is 5.75 Å². The molecule has 0 unspecified atom stereocenters. The van der Waals surface area contributed by atoms with Crippen LogP contribution in [0.5, 0.6) is 5.75 Å². The van der Waals surface area contributed by atoms with Gasteiger partial charge in [-0.2, -0.15) is 0 Å². The molecule has 0 bridgehead atoms. The second kappa shape index (κ2) is 5.24. The van der Waals surface area contributed by atoms with Crippen LogP contribution in [0.2, 0.25) is 0 Å². The SMILES string of the molecule is COc1ccc(N2C(=O)[C@H](C)[C@H]2c2ccc(C)cc2)cc1. The monoisotopic (exact) mass is 281 g/mol. The average Bonchev–Trinajstić information content (AvgIpc) is 2.53. The topological polar surface area (TPSA) is 29.5 Å². The molecule has 1 heterocycles. The lowest BCUT2D eigenvalue weighted by Gasteiger charge is -2.46. The summed E-state index contributed by atoms with van der Waals surface area (Å²) in [4.78, 5) is 14.1. The second-order valence-corrected chi connectivity index (χ2v) is 5.55. The fraction of sp³-hybridized carbons (Fsp3) is 0.278. The quantitative estimate of drug-likeness (QED) is 0.802. The molecule has 0 radical (unpaired) electrons. The minimum absolute atomic E-state index is 0.0230. The van der Waals surface area contributed by atoms with Gasteiger partial charge >= 0.3 is 0 Å². The molecule has 1 aliphatic heterocycles. The van der Waals surface area contributed by atoms with Crippen LogP contribution in [0, 0.1) is 12.8 Å². The third-order valence-corrected chi connectivity index (χ3v) is 4.15. The zero-order valence-electron chi connectivity index (χ0n) is 12.5. The standard InChI is InChI=1S/C18H19NO2/c1-12-4-6-14(7-5-12)17-13(2)18(20)19(17)15-8-10-16(21-3)11-9-15/h4-11,13,17H,1-3H3/t13-,17+/m1/s1. The lowest BCUT2D eigenvalue weighted by Crippen LogP contribution is -2.54. The third-order valence-electron chi connectivity index (χ3n) is 4.15. The highest BCUT2D eigenvalue weighted by Crippen LogP contribution is 2.43. The van der Waals surface area contributed by atoms with Crippen molar-refractivity contribution in [2.24, 2.45) is 5.92 Å². The summed E-state index contributed by atoms with van der Waals surface area (Å²) in [5.41, 5.74) is 3.33. The van der Waals surface area contributed by atoms with Gasteiger partial charge in [-0.1, -0.05) is 36.8 Å². The number of methoxy groups -OCH3 is 1. The van der Waals surface area contributed by atoms with Gasteiger partial charge in [-0.15, -0.1) is 0 Å². The summed E-state index contributed by atoms with van der Waals surface area (Å²) < 4.78 is 5.17. The van der Waals surface area contributed by atoms with E-state index in [0.717, 1.165) is 11.4 Å². The largest absolute Gasteiger partial charge is 0.497 e. The van der Waals surface area contributed by atoms with Crippen molar-refractivity contribution in [1.82, 2.24) is 0 Å². The van der Waals surface area contributed by atoms with Gasteiger partial charge in [-0.3, -0.25) is 4.79 Å². The van der Waals surface area contributed by atoms with Crippen LogP contribution in [0.3, 0.4) is 0 Å². The lowest BCUT2D eigenvalue weighted by molar-refractivity contribution is -0.129. The Morgan fingerprint density at radius 2 is 1.62 bits per heavy atom. The van der Waals surface area contributed by atoms with Gasteiger partial charge in [-0.25, -0.2) is 0 Å². The highest BCUT2D eigenvalue weighted by atomic mass is 16.5. The lowest BCUT2D eigenvalue weighted by atomic mass is 9.83. The van der Waals surface area contributed by atoms with E-state index in [9.17, 15) is 4.79 Å². The molecule has 1 fully saturated rings. The molecular formula is C18H19NO2. The molecule has 0 aromatic heterocycles. The van der Waals surface area contributed by atoms with Crippen LogP contribution in [0.1, 0.15) is 24.1 Å². The molecule has 21 heavy (non-hydrogen) atoms. The summed E-state index contributed by atoms with van der Waals surface area (Å²) >= 11 is 0. The number of ether oxygens (including phenoxy) is 1. The molecule has 108 valence electrons. The molecule has 0 N–H and O–H groups in total. The van der Waals surface area contributed by atoms with Crippen molar-refractivity contribution >= 4 is 11.6 Å². The van der Waals surface area contributed by atoms with E-state index in [1.165, 1.54) is 11.1 Å². The van der Waals surface area contributed by atoms with Crippen LogP contribution in [-0.2, 0) is 4.79 Å². The number of amides is 1. The van der Waals surface area contributed by atoms with E-state index < -0.39 is 0 Å². The van der Waals surface area contributed by atoms with E-state index >= 15 is 0 Å². The summed E-state index contributed by atoms with van der Waals surface area (Å²) in [5.74, 6) is 0.993. The molecule has 3 heteroatoms. The number of carbonyl (C=O) groups excluding carboxylic acids is 1. The Morgan fingerprint density at radius 1 is 1.00 bits per heavy atom. The number of aryl methyl sites for hydroxylation is 1. The molecule has 0 aliphatic carbocycles. The first-order valence-corrected chi connectivity index (χ1v) is 7.15. The average molecular weight is 281 g/mol. The number of rotatable bonds is 3. The van der Waals surface area contributed by atoms with E-state index in [-0.39, 0.29) is 17.9 Å². The Kier molecular flexibility index (Phi) is 3.42. The zero-order valence-corrected chi connectivity index (χ0v) is 12.5. The Morgan fingerprint density at radius 3 is 2.19 bits per heavy atom. The van der Waals surface area contributed by atoms with Gasteiger partial charge in [0.2, 0.25) is 5.91 Å². The minimum Gasteiger partial charge on any atom is -0.497 e. The van der Waals surface area contributed by atoms with Gasteiger partial charge in [-0.05, 0) is 36.8 Å². The van der Waals surface area contributed by atoms with Crippen molar-refractivity contribution in [2.45, 2.75) is 19.9 Å². The highest BCUT2D eigenvalue weighted by molar-refractivity contribution is 6.03. The molecule has 3 rings (SSSR count). The van der Waals surface area contributed by atoms with Crippen molar-refractivity contribution in [1.29, 1.82) is 0 Å². The number of hydrogen-bond acceptors (Lipinski definition) is 2. The molecule has 2 atom stereocenters. The molecule has 1 aliphatic rings. The van der Waals surface area contributed by atoms with E-state index in [1.54, 1.807) is 7.11 Å². The third kappa shape index (κ3) is 2.29. The Hall–Kier alpha value is -2.29. The minimum atomic E-state index is 0.0230. The van der Waals surface area contributed by atoms with Crippen molar-refractivity contribution in [2.75, 3.05) is 12.0 Å². The zero-order chi connectivity index (χ0) is 15.0. The van der Waals surface area contributed by atoms with E-state index in [4.69, 9.17) is 4.74 Å². The Labute approximate surface area is 125 Å². The fourth-order valence-corrected chi connectivity index (χ4v) is 2.87. The molecule has 3 nitrogen and oxygen atoms in total. The normalized spacial score (nSPS) is 21.1. The van der Waals surface area contributed by atoms with Crippen LogP contribution in [0.25, 0.3) is 0 Å². The van der Waals surface area contributed by atoms with Crippen LogP contribution < -0.4 is 9.64 Å². The molecule has 0 spiro atoms. The maximum Gasteiger partial charge on any atom is 0.232 e. The first kappa shape index (κ1) is 13.7. The number of anilines is 1. The molecule has 1 saturated heterocycles. The molecule has 2 aromatic carbocycles. The number of β-lactam (4-membered cyclic amide) rings is 1. The maximum atomic E-state index is 12.3. The van der Waals surface area contributed by atoms with E-state index in [0.29, 0.717) is 0 Å². The van der Waals surface area contributed by atoms with Gasteiger partial charge in [0.1, 0.15) is 5.75 Å². The molecule has 0 saturated carbocycles. The smallest absolute Gasteiger partial charge is 0.232 e. The van der Waals surface area contributed by atoms with Crippen LogP contribution in [0.15, 0.2) is 48.5 Å². The second-order valence-electron chi connectivity index (χ2n) is 5.55. The van der Waals surface area contributed by atoms with E-state index in [2.05, 4.69) is 31.2 Å². The van der Waals surface area contributed by atoms with Crippen molar-refractivity contribution < 1.29 is 9.53 Å². The highest BCUT2D eigenvalue weighted by Gasteiger charge is 2.45. The van der Waals surface area contributed by atoms with Crippen molar-refractivity contribution in [3.63, 3.8) is 0 Å². The summed E-state index contributed by atoms with van der Waals surface area (Å²) in [6.07, 6.45) is 0. The van der Waals surface area contributed by atoms with E-state index in [1.807, 2.05) is 36.1 Å². The van der Waals surface area contributed by atoms with Crippen LogP contribution in [0.4, 0.5) is 5.69 Å². The Balaban J connectivity index is 1.92. The van der Waals surface area contributed by atoms with Crippen LogP contribution >= 0.6 is 0 Å². The number of nitrogens with zero attached hydrogens (tertiary/aromatic N) is 1. The molecular weight excluding hydrogens is 262 g/mol. The summed E-state index contributed by atoms with van der Waals surface area (Å²) in [6, 6.07) is 16.2. The number of benzene rings is 2. The van der Waals surface area contributed by atoms with Crippen LogP contribution in [-0.4, -0.2) is 13.0 Å². The van der Waals surface area contributed by atoms with Gasteiger partial charge in [0.25, 0.3) is 0 Å². The summed E-state index contributed by atoms with van der Waals surface area (Å²) in [5, 5.41) is 0. The molecule has 2 aromatic rings. The predicted octanol–water partition coefficient (Wildman–Crippen LogP) is 3.73. The fourth-order valence-electron chi connectivity index (χ4n) is 2.87. The number of hydrogen-bond donors (Lipinski definition) is 0. The van der Waals surface area contributed by atoms with Crippen molar-refractivity contribution in [3.05, 3.63) is 59.7 Å². The maximum absolute atomic E-state index is 12.3. The first-order chi connectivity index (χ1) is 10.1. The van der Waals surface area contributed by atoms with Gasteiger partial charge in [0, 0.05) is 5.69 Å². The summed E-state index contributed by atoms with van der Waals surface area (Å²) in [7, 11) is 1.64. The van der Waals surface area contributed by atoms with Gasteiger partial charge < -0.3 is 9.64 Å². The first-order valence-electron chi connectivity index (χ1n) is 7.15. The predicted molar refractivity (Wildman–Crippen MR) is 83.6 cm³/mol. The summed E-state index contributed by atoms with van der Waals surface area (Å²) in [6.45, 7) is 4.06. The Bertz CT molecular complexity index is 646. The van der Waals surface area contributed by atoms with Gasteiger partial charge in [0.15, 0.2) is 0 Å². The molecule has 1 amide bonds.